The number of anilines is 1. The number of alkyl halides is 2. The van der Waals surface area contributed by atoms with E-state index in [1.165, 1.54) is 15.3 Å². The fraction of sp³-hybridized carbons (Fsp3) is 0.440. The van der Waals surface area contributed by atoms with Gasteiger partial charge in [-0.05, 0) is 42.8 Å². The Kier molecular flexibility index (Phi) is 10.1. The Hall–Kier alpha value is -2.36. The summed E-state index contributed by atoms with van der Waals surface area (Å²) in [6.07, 6.45) is 3.08. The lowest BCUT2D eigenvalue weighted by atomic mass is 10.1. The number of amides is 1. The van der Waals surface area contributed by atoms with Crippen molar-refractivity contribution in [3.8, 4) is 11.3 Å². The third-order valence-corrected chi connectivity index (χ3v) is 8.33. The highest BCUT2D eigenvalue weighted by molar-refractivity contribution is 14.0. The number of sulfonamides is 1. The van der Waals surface area contributed by atoms with Gasteiger partial charge in [-0.1, -0.05) is 0 Å². The summed E-state index contributed by atoms with van der Waals surface area (Å²) in [5.74, 6) is -2.75. The van der Waals surface area contributed by atoms with E-state index in [1.807, 2.05) is 12.1 Å². The average molecular weight is 666 g/mol. The molecule has 4 heterocycles. The molecule has 2 aromatic heterocycles. The van der Waals surface area contributed by atoms with Crippen molar-refractivity contribution >= 4 is 57.1 Å². The lowest BCUT2D eigenvalue weighted by molar-refractivity contribution is -0.117. The number of carbonyl (C=O) groups is 1. The van der Waals surface area contributed by atoms with E-state index in [2.05, 4.69) is 9.97 Å². The molecule has 2 fully saturated rings. The summed E-state index contributed by atoms with van der Waals surface area (Å²) < 4.78 is 59.6. The molecule has 9 nitrogen and oxygen atoms in total. The lowest BCUT2D eigenvalue weighted by Gasteiger charge is -2.30. The molecule has 1 amide bonds. The van der Waals surface area contributed by atoms with Gasteiger partial charge in [-0.3, -0.25) is 9.78 Å². The molecule has 3 aromatic rings. The summed E-state index contributed by atoms with van der Waals surface area (Å²) in [4.78, 5) is 20.8. The standard InChI is InChI=1S/C20H20F2N4O2S.C5H11NO2.HI.H2/c21-20(22)6-10-25(13-20)19-5-4-14(29(27,28)26-8-2-9-26)11-15(19)17-12-18-16(24-17)3-1-7-23-18;1-6(5-7)3-4-8-2;;/h1,3-5,7,11-12,24H,2,6,8-10,13H2;5H,3-4H2,1-2H3;2*1H. The van der Waals surface area contributed by atoms with Crippen molar-refractivity contribution < 1.29 is 28.2 Å². The van der Waals surface area contributed by atoms with Gasteiger partial charge in [-0.15, -0.1) is 24.0 Å². The van der Waals surface area contributed by atoms with E-state index in [9.17, 15) is 22.0 Å². The number of ether oxygens (including phenoxy) is 1. The monoisotopic (exact) mass is 665 g/mol. The molecule has 1 N–H and O–H groups in total. The van der Waals surface area contributed by atoms with Gasteiger partial charge in [-0.25, -0.2) is 17.2 Å². The Morgan fingerprint density at radius 2 is 2.00 bits per heavy atom. The second kappa shape index (κ2) is 12.7. The normalized spacial score (nSPS) is 16.8. The predicted octanol–water partition coefficient (Wildman–Crippen LogP) is 4.05. The minimum absolute atomic E-state index is 0. The van der Waals surface area contributed by atoms with Crippen LogP contribution in [0.3, 0.4) is 0 Å². The van der Waals surface area contributed by atoms with Gasteiger partial charge in [0.15, 0.2) is 0 Å². The average Bonchev–Trinajstić information content (AvgIpc) is 3.44. The molecule has 2 saturated heterocycles. The number of hydrogen-bond donors (Lipinski definition) is 1. The summed E-state index contributed by atoms with van der Waals surface area (Å²) in [5.41, 5.74) is 3.37. The molecule has 0 spiro atoms. The fourth-order valence-corrected chi connectivity index (χ4v) is 5.72. The Morgan fingerprint density at radius 3 is 2.58 bits per heavy atom. The van der Waals surface area contributed by atoms with Crippen molar-refractivity contribution in [3.05, 3.63) is 42.6 Å². The first-order chi connectivity index (χ1) is 17.6. The van der Waals surface area contributed by atoms with Crippen LogP contribution in [0.15, 0.2) is 47.5 Å². The van der Waals surface area contributed by atoms with Crippen LogP contribution in [0.1, 0.15) is 14.3 Å². The van der Waals surface area contributed by atoms with Crippen molar-refractivity contribution in [2.24, 2.45) is 0 Å². The summed E-state index contributed by atoms with van der Waals surface area (Å²) in [6, 6.07) is 10.2. The van der Waals surface area contributed by atoms with Crippen LogP contribution in [0.25, 0.3) is 22.3 Å². The van der Waals surface area contributed by atoms with Crippen LogP contribution < -0.4 is 4.90 Å². The molecule has 0 radical (unpaired) electrons. The van der Waals surface area contributed by atoms with E-state index in [0.717, 1.165) is 23.9 Å². The quantitative estimate of drug-likeness (QED) is 0.288. The Morgan fingerprint density at radius 1 is 1.24 bits per heavy atom. The number of hydrogen-bond acceptors (Lipinski definition) is 6. The van der Waals surface area contributed by atoms with Crippen LogP contribution >= 0.6 is 24.0 Å². The Bertz CT molecular complexity index is 1320. The van der Waals surface area contributed by atoms with Crippen LogP contribution in [0, 0.1) is 0 Å². The number of likely N-dealkylation sites (N-methyl/N-ethyl adjacent to an activating group) is 1. The first-order valence-corrected chi connectivity index (χ1v) is 13.4. The highest BCUT2D eigenvalue weighted by Crippen LogP contribution is 2.39. The SMILES string of the molecule is COCCN(C)C=O.I.O=S(=O)(c1ccc(N2CCC(F)(F)C2)c(-c2cc3ncccc3[nH]2)c1)N1CCC1.[HH]. The topological polar surface area (TPSA) is 98.8 Å². The molecule has 1 aromatic carbocycles. The van der Waals surface area contributed by atoms with E-state index in [4.69, 9.17) is 4.74 Å². The molecule has 2 aliphatic heterocycles. The maximum absolute atomic E-state index is 13.8. The summed E-state index contributed by atoms with van der Waals surface area (Å²) in [5, 5.41) is 0. The van der Waals surface area contributed by atoms with Gasteiger partial charge in [0, 0.05) is 65.6 Å². The number of nitrogens with one attached hydrogen (secondary N) is 1. The van der Waals surface area contributed by atoms with E-state index in [1.54, 1.807) is 43.5 Å². The number of fused-ring (bicyclic) bond motifs is 1. The smallest absolute Gasteiger partial charge is 0.266 e. The summed E-state index contributed by atoms with van der Waals surface area (Å²) in [6.45, 7) is 2.13. The third kappa shape index (κ3) is 6.79. The highest BCUT2D eigenvalue weighted by Gasteiger charge is 2.39. The molecule has 0 unspecified atom stereocenters. The zero-order chi connectivity index (χ0) is 26.6. The maximum Gasteiger partial charge on any atom is 0.266 e. The predicted molar refractivity (Wildman–Crippen MR) is 155 cm³/mol. The largest absolute Gasteiger partial charge is 0.383 e. The molecule has 0 atom stereocenters. The number of benzene rings is 1. The number of aromatic amines is 1. The number of rotatable bonds is 8. The number of aromatic nitrogens is 2. The van der Waals surface area contributed by atoms with Crippen LogP contribution in [0.4, 0.5) is 14.5 Å². The van der Waals surface area contributed by atoms with E-state index < -0.39 is 15.9 Å². The molecule has 0 saturated carbocycles. The number of carbonyl (C=O) groups excluding carboxylic acids is 1. The maximum atomic E-state index is 13.8. The second-order valence-corrected chi connectivity index (χ2v) is 11.1. The van der Waals surface area contributed by atoms with Gasteiger partial charge >= 0.3 is 0 Å². The third-order valence-electron chi connectivity index (χ3n) is 6.44. The first-order valence-electron chi connectivity index (χ1n) is 12.0. The van der Waals surface area contributed by atoms with Crippen molar-refractivity contribution in [2.75, 3.05) is 58.4 Å². The number of nitrogens with zero attached hydrogens (tertiary/aromatic N) is 4. The molecular formula is C25H34F2IN5O4S. The van der Waals surface area contributed by atoms with Gasteiger partial charge in [0.2, 0.25) is 16.4 Å². The molecule has 0 bridgehead atoms. The van der Waals surface area contributed by atoms with Crippen LogP contribution in [0.5, 0.6) is 0 Å². The van der Waals surface area contributed by atoms with Crippen molar-refractivity contribution in [3.63, 3.8) is 0 Å². The van der Waals surface area contributed by atoms with Crippen LogP contribution in [-0.2, 0) is 19.6 Å². The zero-order valence-electron chi connectivity index (χ0n) is 21.3. The highest BCUT2D eigenvalue weighted by atomic mass is 127. The molecule has 210 valence electrons. The van der Waals surface area contributed by atoms with E-state index in [-0.39, 0.29) is 49.8 Å². The van der Waals surface area contributed by atoms with Gasteiger partial charge < -0.3 is 19.5 Å². The number of H-pyrrole nitrogens is 1. The number of halogens is 3. The van der Waals surface area contributed by atoms with Gasteiger partial charge in [0.25, 0.3) is 5.92 Å². The summed E-state index contributed by atoms with van der Waals surface area (Å²) in [7, 11) is -0.265. The first kappa shape index (κ1) is 30.2. The Labute approximate surface area is 239 Å². The second-order valence-electron chi connectivity index (χ2n) is 9.16. The van der Waals surface area contributed by atoms with Crippen molar-refractivity contribution in [1.29, 1.82) is 0 Å². The minimum Gasteiger partial charge on any atom is -0.383 e. The molecule has 38 heavy (non-hydrogen) atoms. The van der Waals surface area contributed by atoms with E-state index >= 15 is 0 Å². The Balaban J connectivity index is 0.000000470. The van der Waals surface area contributed by atoms with Crippen molar-refractivity contribution in [1.82, 2.24) is 19.2 Å². The van der Waals surface area contributed by atoms with Crippen molar-refractivity contribution in [2.45, 2.75) is 23.7 Å². The van der Waals surface area contributed by atoms with Gasteiger partial charge in [-0.2, -0.15) is 4.31 Å². The summed E-state index contributed by atoms with van der Waals surface area (Å²) >= 11 is 0. The molecule has 2 aliphatic rings. The lowest BCUT2D eigenvalue weighted by Crippen LogP contribution is -2.41. The number of methoxy groups -OCH3 is 1. The van der Waals surface area contributed by atoms with Crippen LogP contribution in [-0.4, -0.2) is 93.4 Å². The molecule has 0 aliphatic carbocycles. The molecule has 5 rings (SSSR count). The molecular weight excluding hydrogens is 631 g/mol. The molecule has 13 heteroatoms. The van der Waals surface area contributed by atoms with E-state index in [0.29, 0.717) is 43.2 Å². The van der Waals surface area contributed by atoms with Gasteiger partial charge in [0.1, 0.15) is 0 Å². The zero-order valence-corrected chi connectivity index (χ0v) is 24.4. The minimum atomic E-state index is -3.59. The van der Waals surface area contributed by atoms with Crippen LogP contribution in [0.2, 0.25) is 0 Å². The fourth-order valence-electron chi connectivity index (χ4n) is 4.17. The van der Waals surface area contributed by atoms with Gasteiger partial charge in [0.05, 0.1) is 34.8 Å². The number of pyridine rings is 1.